The topological polar surface area (TPSA) is 43.3 Å². The van der Waals surface area contributed by atoms with Gasteiger partial charge in [-0.2, -0.15) is 0 Å². The van der Waals surface area contributed by atoms with Crippen molar-refractivity contribution in [2.24, 2.45) is 0 Å². The molecule has 0 aliphatic heterocycles. The van der Waals surface area contributed by atoms with E-state index in [9.17, 15) is 4.79 Å². The Labute approximate surface area is 132 Å². The van der Waals surface area contributed by atoms with Gasteiger partial charge in [-0.1, -0.05) is 41.9 Å². The van der Waals surface area contributed by atoms with Crippen molar-refractivity contribution in [3.63, 3.8) is 0 Å². The second kappa shape index (κ2) is 6.12. The SMILES string of the molecule is COn1c(=O)c(CNc2ccccc2Cl)cc2ccccc21. The van der Waals surface area contributed by atoms with Gasteiger partial charge in [0.05, 0.1) is 16.2 Å². The van der Waals surface area contributed by atoms with Crippen molar-refractivity contribution < 1.29 is 4.84 Å². The summed E-state index contributed by atoms with van der Waals surface area (Å²) in [7, 11) is 1.49. The van der Waals surface area contributed by atoms with Crippen molar-refractivity contribution in [3.8, 4) is 0 Å². The molecule has 0 amide bonds. The average Bonchev–Trinajstić information content (AvgIpc) is 2.54. The number of hydrogen-bond acceptors (Lipinski definition) is 3. The Hall–Kier alpha value is -2.46. The molecule has 0 unspecified atom stereocenters. The van der Waals surface area contributed by atoms with Crippen LogP contribution in [-0.2, 0) is 6.54 Å². The molecule has 0 fully saturated rings. The van der Waals surface area contributed by atoms with Gasteiger partial charge in [0.1, 0.15) is 7.11 Å². The number of rotatable bonds is 4. The molecule has 0 atom stereocenters. The van der Waals surface area contributed by atoms with Gasteiger partial charge in [0, 0.05) is 17.5 Å². The molecule has 2 aromatic carbocycles. The monoisotopic (exact) mass is 314 g/mol. The highest BCUT2D eigenvalue weighted by Crippen LogP contribution is 2.21. The number of nitrogens with zero attached hydrogens (tertiary/aromatic N) is 1. The molecule has 0 spiro atoms. The van der Waals surface area contributed by atoms with E-state index in [4.69, 9.17) is 16.4 Å². The lowest BCUT2D eigenvalue weighted by molar-refractivity contribution is 0.168. The number of pyridine rings is 1. The summed E-state index contributed by atoms with van der Waals surface area (Å²) in [5, 5.41) is 4.75. The zero-order valence-corrected chi connectivity index (χ0v) is 12.8. The Kier molecular flexibility index (Phi) is 4.02. The Bertz CT molecular complexity index is 874. The number of halogens is 1. The van der Waals surface area contributed by atoms with Gasteiger partial charge in [-0.25, -0.2) is 0 Å². The fourth-order valence-corrected chi connectivity index (χ4v) is 2.59. The molecule has 112 valence electrons. The van der Waals surface area contributed by atoms with Crippen LogP contribution in [0.1, 0.15) is 5.56 Å². The molecule has 0 aliphatic carbocycles. The van der Waals surface area contributed by atoms with Crippen LogP contribution in [0.4, 0.5) is 5.69 Å². The molecular weight excluding hydrogens is 300 g/mol. The Morgan fingerprint density at radius 3 is 2.64 bits per heavy atom. The Balaban J connectivity index is 1.99. The predicted octanol–water partition coefficient (Wildman–Crippen LogP) is 3.33. The first-order chi connectivity index (χ1) is 10.7. The van der Waals surface area contributed by atoms with Crippen LogP contribution >= 0.6 is 11.6 Å². The number of nitrogens with one attached hydrogen (secondary N) is 1. The van der Waals surface area contributed by atoms with Crippen LogP contribution < -0.4 is 15.7 Å². The molecule has 22 heavy (non-hydrogen) atoms. The van der Waals surface area contributed by atoms with Gasteiger partial charge in [-0.05, 0) is 24.3 Å². The van der Waals surface area contributed by atoms with Crippen LogP contribution in [0.15, 0.2) is 59.4 Å². The van der Waals surface area contributed by atoms with Crippen molar-refractivity contribution in [1.29, 1.82) is 0 Å². The van der Waals surface area contributed by atoms with Crippen molar-refractivity contribution in [1.82, 2.24) is 4.73 Å². The zero-order chi connectivity index (χ0) is 15.5. The van der Waals surface area contributed by atoms with Gasteiger partial charge in [0.15, 0.2) is 0 Å². The molecule has 1 heterocycles. The van der Waals surface area contributed by atoms with Crippen molar-refractivity contribution in [3.05, 3.63) is 75.5 Å². The number of fused-ring (bicyclic) bond motifs is 1. The van der Waals surface area contributed by atoms with Crippen LogP contribution in [0, 0.1) is 0 Å². The minimum absolute atomic E-state index is 0.180. The lowest BCUT2D eigenvalue weighted by Gasteiger charge is -2.12. The fourth-order valence-electron chi connectivity index (χ4n) is 2.39. The Morgan fingerprint density at radius 2 is 1.86 bits per heavy atom. The molecule has 0 radical (unpaired) electrons. The second-order valence-electron chi connectivity index (χ2n) is 4.84. The fraction of sp³-hybridized carbons (Fsp3) is 0.118. The third-order valence-electron chi connectivity index (χ3n) is 3.47. The standard InChI is InChI=1S/C17H15ClN2O2/c1-22-20-16-9-5-2-6-12(16)10-13(17(20)21)11-19-15-8-4-3-7-14(15)18/h2-10,19H,11H2,1H3. The summed E-state index contributed by atoms with van der Waals surface area (Å²) in [5.74, 6) is 0. The van der Waals surface area contributed by atoms with Crippen LogP contribution in [0.2, 0.25) is 5.02 Å². The molecule has 0 saturated heterocycles. The first-order valence-electron chi connectivity index (χ1n) is 6.87. The molecule has 1 N–H and O–H groups in total. The van der Waals surface area contributed by atoms with E-state index in [0.29, 0.717) is 17.1 Å². The summed E-state index contributed by atoms with van der Waals surface area (Å²) < 4.78 is 1.30. The lowest BCUT2D eigenvalue weighted by atomic mass is 10.1. The van der Waals surface area contributed by atoms with Crippen LogP contribution in [0.3, 0.4) is 0 Å². The van der Waals surface area contributed by atoms with Crippen LogP contribution in [-0.4, -0.2) is 11.8 Å². The smallest absolute Gasteiger partial charge is 0.288 e. The van der Waals surface area contributed by atoms with E-state index in [-0.39, 0.29) is 5.56 Å². The number of aromatic nitrogens is 1. The van der Waals surface area contributed by atoms with E-state index in [1.165, 1.54) is 11.8 Å². The van der Waals surface area contributed by atoms with Gasteiger partial charge >= 0.3 is 0 Å². The molecule has 0 saturated carbocycles. The number of anilines is 1. The first-order valence-corrected chi connectivity index (χ1v) is 7.25. The van der Waals surface area contributed by atoms with Gasteiger partial charge in [0.25, 0.3) is 5.56 Å². The highest BCUT2D eigenvalue weighted by Gasteiger charge is 2.09. The van der Waals surface area contributed by atoms with E-state index in [1.807, 2.05) is 48.5 Å². The highest BCUT2D eigenvalue weighted by atomic mass is 35.5. The number of para-hydroxylation sites is 2. The average molecular weight is 315 g/mol. The third kappa shape index (κ3) is 2.65. The molecule has 5 heteroatoms. The van der Waals surface area contributed by atoms with E-state index in [2.05, 4.69) is 5.32 Å². The molecule has 4 nitrogen and oxygen atoms in total. The minimum atomic E-state index is -0.180. The summed E-state index contributed by atoms with van der Waals surface area (Å²) in [5.41, 5.74) is 1.97. The highest BCUT2D eigenvalue weighted by molar-refractivity contribution is 6.33. The summed E-state index contributed by atoms with van der Waals surface area (Å²) in [6.07, 6.45) is 0. The molecule has 0 aliphatic rings. The number of benzene rings is 2. The van der Waals surface area contributed by atoms with Crippen molar-refractivity contribution >= 4 is 28.2 Å². The van der Waals surface area contributed by atoms with E-state index >= 15 is 0 Å². The molecular formula is C17H15ClN2O2. The Morgan fingerprint density at radius 1 is 1.14 bits per heavy atom. The van der Waals surface area contributed by atoms with Gasteiger partial charge in [-0.3, -0.25) is 4.79 Å². The summed E-state index contributed by atoms with van der Waals surface area (Å²) in [4.78, 5) is 17.7. The van der Waals surface area contributed by atoms with Crippen LogP contribution in [0.5, 0.6) is 0 Å². The molecule has 1 aromatic heterocycles. The largest absolute Gasteiger partial charge is 0.413 e. The zero-order valence-electron chi connectivity index (χ0n) is 12.0. The summed E-state index contributed by atoms with van der Waals surface area (Å²) in [6, 6.07) is 16.9. The van der Waals surface area contributed by atoms with E-state index in [0.717, 1.165) is 16.6 Å². The first kappa shape index (κ1) is 14.5. The molecule has 3 aromatic rings. The van der Waals surface area contributed by atoms with Gasteiger partial charge < -0.3 is 10.2 Å². The maximum Gasteiger partial charge on any atom is 0.288 e. The lowest BCUT2D eigenvalue weighted by Crippen LogP contribution is -2.29. The van der Waals surface area contributed by atoms with Crippen molar-refractivity contribution in [2.75, 3.05) is 12.4 Å². The van der Waals surface area contributed by atoms with Gasteiger partial charge in [-0.15, -0.1) is 4.73 Å². The molecule has 0 bridgehead atoms. The third-order valence-corrected chi connectivity index (χ3v) is 3.80. The molecule has 3 rings (SSSR count). The number of hydrogen-bond donors (Lipinski definition) is 1. The second-order valence-corrected chi connectivity index (χ2v) is 5.25. The normalized spacial score (nSPS) is 10.6. The summed E-state index contributed by atoms with van der Waals surface area (Å²) >= 11 is 6.11. The van der Waals surface area contributed by atoms with Gasteiger partial charge in [0.2, 0.25) is 0 Å². The maximum absolute atomic E-state index is 12.5. The summed E-state index contributed by atoms with van der Waals surface area (Å²) in [6.45, 7) is 0.372. The van der Waals surface area contributed by atoms with Crippen LogP contribution in [0.25, 0.3) is 10.9 Å². The minimum Gasteiger partial charge on any atom is -0.413 e. The van der Waals surface area contributed by atoms with E-state index < -0.39 is 0 Å². The quantitative estimate of drug-likeness (QED) is 0.803. The van der Waals surface area contributed by atoms with E-state index in [1.54, 1.807) is 6.07 Å². The maximum atomic E-state index is 12.5. The van der Waals surface area contributed by atoms with Crippen molar-refractivity contribution in [2.45, 2.75) is 6.54 Å². The predicted molar refractivity (Wildman–Crippen MR) is 89.5 cm³/mol.